The molecule has 9 heavy (non-hydrogen) atoms. The van der Waals surface area contributed by atoms with Gasteiger partial charge in [-0.1, -0.05) is 19.6 Å². The van der Waals surface area contributed by atoms with Crippen LogP contribution in [0.1, 0.15) is 0 Å². The van der Waals surface area contributed by atoms with Crippen molar-refractivity contribution in [3.63, 3.8) is 0 Å². The molecule has 0 spiro atoms. The highest BCUT2D eigenvalue weighted by molar-refractivity contribution is 6.78. The number of rotatable bonds is 1. The SMILES string of the molecule is C[Si](C)(C)C(C#N)C#N. The third kappa shape index (κ3) is 2.30. The zero-order chi connectivity index (χ0) is 7.49. The Hall–Kier alpha value is -0.803. The molecular weight excluding hydrogens is 128 g/mol. The van der Waals surface area contributed by atoms with Crippen molar-refractivity contribution in [3.05, 3.63) is 0 Å². The Morgan fingerprint density at radius 1 is 1.11 bits per heavy atom. The molecule has 3 heteroatoms. The van der Waals surface area contributed by atoms with Crippen molar-refractivity contribution in [1.82, 2.24) is 0 Å². The summed E-state index contributed by atoms with van der Waals surface area (Å²) in [6, 6.07) is 3.98. The molecule has 0 N–H and O–H groups in total. The molecule has 0 rings (SSSR count). The van der Waals surface area contributed by atoms with Gasteiger partial charge in [0.2, 0.25) is 0 Å². The van der Waals surface area contributed by atoms with Crippen LogP contribution in [-0.2, 0) is 0 Å². The number of hydrogen-bond acceptors (Lipinski definition) is 2. The monoisotopic (exact) mass is 138 g/mol. The van der Waals surface area contributed by atoms with Gasteiger partial charge >= 0.3 is 0 Å². The van der Waals surface area contributed by atoms with Crippen molar-refractivity contribution < 1.29 is 0 Å². The van der Waals surface area contributed by atoms with E-state index >= 15 is 0 Å². The van der Waals surface area contributed by atoms with Crippen LogP contribution in [0.5, 0.6) is 0 Å². The molecule has 0 aromatic rings. The van der Waals surface area contributed by atoms with E-state index in [-0.39, 0.29) is 5.54 Å². The molecular formula is C6H10N2Si. The summed E-state index contributed by atoms with van der Waals surface area (Å²) in [6.07, 6.45) is 0. The van der Waals surface area contributed by atoms with Crippen LogP contribution in [0, 0.1) is 22.7 Å². The van der Waals surface area contributed by atoms with Gasteiger partial charge in [0, 0.05) is 0 Å². The standard InChI is InChI=1S/C6H10N2Si/c1-9(2,3)6(4-7)5-8/h6H,1-3H3. The van der Waals surface area contributed by atoms with Gasteiger partial charge in [0.15, 0.2) is 0 Å². The van der Waals surface area contributed by atoms with Crippen LogP contribution in [0.4, 0.5) is 0 Å². The van der Waals surface area contributed by atoms with Gasteiger partial charge in [-0.3, -0.25) is 0 Å². The first-order valence-electron chi connectivity index (χ1n) is 2.81. The lowest BCUT2D eigenvalue weighted by molar-refractivity contribution is 1.25. The van der Waals surface area contributed by atoms with E-state index in [1.807, 2.05) is 31.8 Å². The smallest absolute Gasteiger partial charge is 0.123 e. The fourth-order valence-corrected chi connectivity index (χ4v) is 1.19. The Morgan fingerprint density at radius 2 is 1.44 bits per heavy atom. The average Bonchev–Trinajstić information content (AvgIpc) is 1.65. The Balaban J connectivity index is 4.23. The van der Waals surface area contributed by atoms with E-state index in [2.05, 4.69) is 0 Å². The van der Waals surface area contributed by atoms with Crippen LogP contribution < -0.4 is 0 Å². The van der Waals surface area contributed by atoms with Crippen LogP contribution in [0.15, 0.2) is 0 Å². The Bertz CT molecular complexity index is 153. The predicted octanol–water partition coefficient (Wildman–Crippen LogP) is 1.74. The Morgan fingerprint density at radius 3 is 1.44 bits per heavy atom. The minimum atomic E-state index is -1.51. The third-order valence-corrected chi connectivity index (χ3v) is 3.11. The second-order valence-corrected chi connectivity index (χ2v) is 8.37. The highest BCUT2D eigenvalue weighted by Crippen LogP contribution is 2.18. The van der Waals surface area contributed by atoms with Gasteiger partial charge in [-0.05, 0) is 0 Å². The summed E-state index contributed by atoms with van der Waals surface area (Å²) in [4.78, 5) is 0. The van der Waals surface area contributed by atoms with Crippen molar-refractivity contribution in [2.24, 2.45) is 0 Å². The number of hydrogen-bond donors (Lipinski definition) is 0. The lowest BCUT2D eigenvalue weighted by Gasteiger charge is -2.14. The van der Waals surface area contributed by atoms with Crippen LogP contribution in [-0.4, -0.2) is 8.07 Å². The fourth-order valence-electron chi connectivity index (χ4n) is 0.416. The van der Waals surface area contributed by atoms with Crippen LogP contribution in [0.3, 0.4) is 0 Å². The van der Waals surface area contributed by atoms with Crippen molar-refractivity contribution >= 4 is 8.07 Å². The van der Waals surface area contributed by atoms with E-state index in [4.69, 9.17) is 10.5 Å². The summed E-state index contributed by atoms with van der Waals surface area (Å²) in [7, 11) is -1.51. The maximum absolute atomic E-state index is 8.42. The minimum Gasteiger partial charge on any atom is -0.197 e. The molecule has 0 fully saturated rings. The number of nitriles is 2. The molecule has 0 amide bonds. The van der Waals surface area contributed by atoms with E-state index in [0.29, 0.717) is 0 Å². The maximum Gasteiger partial charge on any atom is 0.123 e. The van der Waals surface area contributed by atoms with E-state index in [1.54, 1.807) is 0 Å². The number of nitrogens with zero attached hydrogens (tertiary/aromatic N) is 2. The first-order chi connectivity index (χ1) is 4.02. The second-order valence-electron chi connectivity index (χ2n) is 3.06. The first kappa shape index (κ1) is 8.20. The molecule has 2 nitrogen and oxygen atoms in total. The molecule has 0 saturated carbocycles. The first-order valence-corrected chi connectivity index (χ1v) is 6.39. The summed E-state index contributed by atoms with van der Waals surface area (Å²) >= 11 is 0. The molecule has 0 unspecified atom stereocenters. The zero-order valence-electron chi connectivity index (χ0n) is 5.97. The lowest BCUT2D eigenvalue weighted by atomic mass is 10.5. The Labute approximate surface area is 56.7 Å². The third-order valence-electron chi connectivity index (χ3n) is 1.12. The molecule has 0 aliphatic carbocycles. The summed E-state index contributed by atoms with van der Waals surface area (Å²) in [6.45, 7) is 6.05. The van der Waals surface area contributed by atoms with E-state index in [9.17, 15) is 0 Å². The van der Waals surface area contributed by atoms with Gasteiger partial charge in [0.25, 0.3) is 0 Å². The van der Waals surface area contributed by atoms with Gasteiger partial charge in [-0.2, -0.15) is 10.5 Å². The van der Waals surface area contributed by atoms with Gasteiger partial charge in [-0.25, -0.2) is 0 Å². The molecule has 48 valence electrons. The van der Waals surface area contributed by atoms with Gasteiger partial charge in [0.05, 0.1) is 20.2 Å². The molecule has 0 aliphatic heterocycles. The predicted molar refractivity (Wildman–Crippen MR) is 38.3 cm³/mol. The molecule has 0 aliphatic rings. The topological polar surface area (TPSA) is 47.6 Å². The van der Waals surface area contributed by atoms with E-state index < -0.39 is 8.07 Å². The van der Waals surface area contributed by atoms with Crippen LogP contribution >= 0.6 is 0 Å². The van der Waals surface area contributed by atoms with Crippen molar-refractivity contribution in [2.45, 2.75) is 25.2 Å². The average molecular weight is 138 g/mol. The van der Waals surface area contributed by atoms with Gasteiger partial charge < -0.3 is 0 Å². The zero-order valence-corrected chi connectivity index (χ0v) is 6.97. The largest absolute Gasteiger partial charge is 0.197 e. The quantitative estimate of drug-likeness (QED) is 0.518. The molecule has 0 heterocycles. The maximum atomic E-state index is 8.42. The molecule has 0 aromatic carbocycles. The molecule has 0 aromatic heterocycles. The normalized spacial score (nSPS) is 10.4. The van der Waals surface area contributed by atoms with E-state index in [0.717, 1.165) is 0 Å². The fraction of sp³-hybridized carbons (Fsp3) is 0.667. The summed E-state index contributed by atoms with van der Waals surface area (Å²) in [5.74, 6) is 0. The van der Waals surface area contributed by atoms with Crippen molar-refractivity contribution in [3.8, 4) is 12.1 Å². The van der Waals surface area contributed by atoms with E-state index in [1.165, 1.54) is 0 Å². The minimum absolute atomic E-state index is 0.350. The van der Waals surface area contributed by atoms with Crippen molar-refractivity contribution in [1.29, 1.82) is 10.5 Å². The second kappa shape index (κ2) is 2.66. The summed E-state index contributed by atoms with van der Waals surface area (Å²) < 4.78 is 0. The highest BCUT2D eigenvalue weighted by Gasteiger charge is 2.25. The van der Waals surface area contributed by atoms with Crippen LogP contribution in [0.2, 0.25) is 25.2 Å². The lowest BCUT2D eigenvalue weighted by Crippen LogP contribution is -2.25. The molecule has 0 atom stereocenters. The Kier molecular flexibility index (Phi) is 2.42. The van der Waals surface area contributed by atoms with Gasteiger partial charge in [0.1, 0.15) is 5.54 Å². The summed E-state index contributed by atoms with van der Waals surface area (Å²) in [5.41, 5.74) is -0.350. The molecule has 0 radical (unpaired) electrons. The molecule has 0 bridgehead atoms. The van der Waals surface area contributed by atoms with Crippen molar-refractivity contribution in [2.75, 3.05) is 0 Å². The van der Waals surface area contributed by atoms with Gasteiger partial charge in [-0.15, -0.1) is 0 Å². The highest BCUT2D eigenvalue weighted by atomic mass is 28.3. The van der Waals surface area contributed by atoms with Crippen LogP contribution in [0.25, 0.3) is 0 Å². The molecule has 0 saturated heterocycles. The summed E-state index contributed by atoms with van der Waals surface area (Å²) in [5, 5.41) is 16.8.